The number of ether oxygens (including phenoxy) is 1. The van der Waals surface area contributed by atoms with Crippen LogP contribution in [0.3, 0.4) is 0 Å². The van der Waals surface area contributed by atoms with Gasteiger partial charge < -0.3 is 15.0 Å². The van der Waals surface area contributed by atoms with Gasteiger partial charge in [0, 0.05) is 29.6 Å². The topological polar surface area (TPSA) is 41.6 Å². The lowest BCUT2D eigenvalue weighted by molar-refractivity contribution is -0.124. The predicted molar refractivity (Wildman–Crippen MR) is 132 cm³/mol. The number of unbranched alkanes of at least 4 members (excludes halogenated alkanes) is 3. The van der Waals surface area contributed by atoms with E-state index in [1.165, 1.54) is 36.1 Å². The minimum absolute atomic E-state index is 0.101. The highest BCUT2D eigenvalue weighted by molar-refractivity contribution is 5.85. The molecule has 0 aromatic heterocycles. The summed E-state index contributed by atoms with van der Waals surface area (Å²) in [4.78, 5) is 15.0. The van der Waals surface area contributed by atoms with Gasteiger partial charge in [0.25, 0.3) is 0 Å². The summed E-state index contributed by atoms with van der Waals surface area (Å²) in [5, 5.41) is 3.36. The van der Waals surface area contributed by atoms with E-state index in [1.807, 2.05) is 18.2 Å². The van der Waals surface area contributed by atoms with Crippen molar-refractivity contribution in [3.05, 3.63) is 65.2 Å². The molecule has 0 unspecified atom stereocenters. The van der Waals surface area contributed by atoms with Crippen LogP contribution in [0.1, 0.15) is 69.6 Å². The van der Waals surface area contributed by atoms with E-state index in [9.17, 15) is 4.79 Å². The fourth-order valence-electron chi connectivity index (χ4n) is 5.14. The third-order valence-electron chi connectivity index (χ3n) is 7.07. The molecule has 0 saturated carbocycles. The van der Waals surface area contributed by atoms with E-state index < -0.39 is 5.66 Å². The van der Waals surface area contributed by atoms with E-state index in [1.54, 1.807) is 0 Å². The zero-order valence-electron chi connectivity index (χ0n) is 19.9. The average molecular weight is 433 g/mol. The van der Waals surface area contributed by atoms with E-state index >= 15 is 0 Å². The maximum absolute atomic E-state index is 12.6. The van der Waals surface area contributed by atoms with Gasteiger partial charge in [0.2, 0.25) is 5.91 Å². The van der Waals surface area contributed by atoms with Crippen LogP contribution in [0, 0.1) is 6.92 Å². The fraction of sp³-hybridized carbons (Fsp3) is 0.464. The maximum atomic E-state index is 12.6. The number of anilines is 1. The lowest BCUT2D eigenvalue weighted by atomic mass is 9.74. The van der Waals surface area contributed by atoms with E-state index in [4.69, 9.17) is 4.74 Å². The molecule has 4 heteroatoms. The van der Waals surface area contributed by atoms with Crippen LogP contribution in [-0.2, 0) is 10.2 Å². The van der Waals surface area contributed by atoms with Gasteiger partial charge in [-0.2, -0.15) is 0 Å². The molecule has 2 heterocycles. The van der Waals surface area contributed by atoms with Crippen LogP contribution in [0.15, 0.2) is 48.5 Å². The number of aryl methyl sites for hydroxylation is 1. The lowest BCUT2D eigenvalue weighted by Gasteiger charge is -2.49. The first-order valence-electron chi connectivity index (χ1n) is 12.0. The Morgan fingerprint density at radius 1 is 1.12 bits per heavy atom. The molecule has 32 heavy (non-hydrogen) atoms. The number of carbonyl (C=O) groups excluding carboxylic acids is 1. The number of para-hydroxylation sites is 1. The van der Waals surface area contributed by atoms with Gasteiger partial charge >= 0.3 is 0 Å². The van der Waals surface area contributed by atoms with Gasteiger partial charge in [0.1, 0.15) is 11.4 Å². The number of fused-ring (bicyclic) bond motifs is 3. The number of carbonyl (C=O) groups is 1. The van der Waals surface area contributed by atoms with Crippen molar-refractivity contribution in [2.24, 2.45) is 0 Å². The van der Waals surface area contributed by atoms with Crippen LogP contribution in [0.25, 0.3) is 6.08 Å². The molecule has 2 aromatic rings. The molecule has 1 saturated heterocycles. The van der Waals surface area contributed by atoms with Crippen molar-refractivity contribution in [1.29, 1.82) is 0 Å². The van der Waals surface area contributed by atoms with E-state index in [0.717, 1.165) is 24.3 Å². The Morgan fingerprint density at radius 3 is 2.75 bits per heavy atom. The molecule has 4 nitrogen and oxygen atoms in total. The van der Waals surface area contributed by atoms with Crippen LogP contribution in [0.2, 0.25) is 0 Å². The number of hydrogen-bond acceptors (Lipinski definition) is 3. The second-order valence-electron chi connectivity index (χ2n) is 9.64. The summed E-state index contributed by atoms with van der Waals surface area (Å²) in [6.07, 6.45) is 9.56. The monoisotopic (exact) mass is 432 g/mol. The van der Waals surface area contributed by atoms with Crippen molar-refractivity contribution in [2.45, 2.75) is 70.9 Å². The summed E-state index contributed by atoms with van der Waals surface area (Å²) < 4.78 is 6.13. The van der Waals surface area contributed by atoms with Crippen molar-refractivity contribution < 1.29 is 9.53 Å². The zero-order valence-corrected chi connectivity index (χ0v) is 19.9. The van der Waals surface area contributed by atoms with Crippen LogP contribution < -0.4 is 15.0 Å². The molecule has 2 aromatic carbocycles. The van der Waals surface area contributed by atoms with E-state index in [0.29, 0.717) is 13.0 Å². The smallest absolute Gasteiger partial charge is 0.223 e. The summed E-state index contributed by atoms with van der Waals surface area (Å²) in [5.74, 6) is 0.999. The summed E-state index contributed by atoms with van der Waals surface area (Å²) in [6.45, 7) is 10.3. The fourth-order valence-corrected chi connectivity index (χ4v) is 5.14. The SMILES string of the molecule is CCCCCCOc1ccccc1/C=C/[C@@]12NC(=O)CCN1c1ccc(C)cc1C2(C)C. The Hall–Kier alpha value is -2.75. The molecule has 1 N–H and O–H groups in total. The first-order valence-corrected chi connectivity index (χ1v) is 12.0. The molecule has 2 aliphatic rings. The largest absolute Gasteiger partial charge is 0.493 e. The molecule has 2 aliphatic heterocycles. The molecule has 0 bridgehead atoms. The second kappa shape index (κ2) is 9.01. The molecule has 0 radical (unpaired) electrons. The van der Waals surface area contributed by atoms with Crippen LogP contribution in [0.4, 0.5) is 5.69 Å². The number of nitrogens with zero attached hydrogens (tertiary/aromatic N) is 1. The van der Waals surface area contributed by atoms with Crippen molar-refractivity contribution >= 4 is 17.7 Å². The van der Waals surface area contributed by atoms with Gasteiger partial charge in [0.05, 0.1) is 6.61 Å². The van der Waals surface area contributed by atoms with Gasteiger partial charge in [0.15, 0.2) is 0 Å². The quantitative estimate of drug-likeness (QED) is 0.522. The highest BCUT2D eigenvalue weighted by Crippen LogP contribution is 2.52. The Morgan fingerprint density at radius 2 is 1.94 bits per heavy atom. The summed E-state index contributed by atoms with van der Waals surface area (Å²) in [7, 11) is 0. The Kier molecular flexibility index (Phi) is 6.32. The van der Waals surface area contributed by atoms with Crippen molar-refractivity contribution in [1.82, 2.24) is 5.32 Å². The van der Waals surface area contributed by atoms with Crippen molar-refractivity contribution in [2.75, 3.05) is 18.1 Å². The van der Waals surface area contributed by atoms with Gasteiger partial charge in [-0.15, -0.1) is 0 Å². The molecule has 0 spiro atoms. The zero-order chi connectivity index (χ0) is 22.8. The van der Waals surface area contributed by atoms with Crippen LogP contribution in [-0.4, -0.2) is 24.7 Å². The molecular weight excluding hydrogens is 396 g/mol. The highest BCUT2D eigenvalue weighted by Gasteiger charge is 2.57. The summed E-state index contributed by atoms with van der Waals surface area (Å²) in [5.41, 5.74) is 3.89. The standard InChI is InChI=1S/C28H36N2O2/c1-5-6-7-10-19-32-25-12-9-8-11-22(25)15-17-28-27(3,4)23-20-21(2)13-14-24(23)30(28)18-16-26(31)29-28/h8-9,11-15,17,20H,5-7,10,16,18-19H2,1-4H3,(H,29,31)/b17-15+/t28-/m1/s1. The van der Waals surface area contributed by atoms with Crippen molar-refractivity contribution in [3.8, 4) is 5.75 Å². The number of benzene rings is 2. The summed E-state index contributed by atoms with van der Waals surface area (Å²) in [6, 6.07) is 14.8. The molecule has 1 fully saturated rings. The number of nitrogens with one attached hydrogen (secondary N) is 1. The molecule has 1 amide bonds. The molecule has 4 rings (SSSR count). The minimum atomic E-state index is -0.604. The molecule has 170 valence electrons. The average Bonchev–Trinajstić information content (AvgIpc) is 2.96. The van der Waals surface area contributed by atoms with Gasteiger partial charge in [-0.25, -0.2) is 0 Å². The molecule has 1 atom stereocenters. The Balaban J connectivity index is 1.66. The minimum Gasteiger partial charge on any atom is -0.493 e. The Bertz CT molecular complexity index is 1010. The van der Waals surface area contributed by atoms with E-state index in [-0.39, 0.29) is 11.3 Å². The van der Waals surface area contributed by atoms with Crippen molar-refractivity contribution in [3.63, 3.8) is 0 Å². The lowest BCUT2D eigenvalue weighted by Crippen LogP contribution is -2.68. The predicted octanol–water partition coefficient (Wildman–Crippen LogP) is 5.98. The summed E-state index contributed by atoms with van der Waals surface area (Å²) >= 11 is 0. The van der Waals surface area contributed by atoms with Gasteiger partial charge in [-0.05, 0) is 37.1 Å². The normalized spacial score (nSPS) is 21.4. The first kappa shape index (κ1) is 22.4. The van der Waals surface area contributed by atoms with Gasteiger partial charge in [-0.1, -0.05) is 82.0 Å². The number of rotatable bonds is 8. The first-order chi connectivity index (χ1) is 15.4. The third kappa shape index (κ3) is 3.92. The second-order valence-corrected chi connectivity index (χ2v) is 9.64. The molecular formula is C28H36N2O2. The van der Waals surface area contributed by atoms with E-state index in [2.05, 4.69) is 74.3 Å². The number of amides is 1. The highest BCUT2D eigenvalue weighted by atomic mass is 16.5. The maximum Gasteiger partial charge on any atom is 0.223 e. The van der Waals surface area contributed by atoms with Crippen LogP contribution in [0.5, 0.6) is 5.75 Å². The van der Waals surface area contributed by atoms with Crippen LogP contribution >= 0.6 is 0 Å². The van der Waals surface area contributed by atoms with Gasteiger partial charge in [-0.3, -0.25) is 4.79 Å². The number of hydrogen-bond donors (Lipinski definition) is 1. The third-order valence-corrected chi connectivity index (χ3v) is 7.07. The Labute approximate surface area is 192 Å². The molecule has 0 aliphatic carbocycles.